The number of hydrogen-bond donors (Lipinski definition) is 4. The van der Waals surface area contributed by atoms with Crippen molar-refractivity contribution in [1.82, 2.24) is 45.4 Å². The number of amides is 4. The Morgan fingerprint density at radius 2 is 1.16 bits per heavy atom. The maximum Gasteiger partial charge on any atom is 0.407 e. The van der Waals surface area contributed by atoms with Gasteiger partial charge in [0.25, 0.3) is 0 Å². The molecule has 0 radical (unpaired) electrons. The summed E-state index contributed by atoms with van der Waals surface area (Å²) in [5.41, 5.74) is 4.80. The highest BCUT2D eigenvalue weighted by molar-refractivity contribution is 5.87. The zero-order valence-electron chi connectivity index (χ0n) is 32.6. The number of imidazole rings is 2. The molecule has 294 valence electrons. The van der Waals surface area contributed by atoms with Crippen LogP contribution in [0.25, 0.3) is 22.5 Å². The lowest BCUT2D eigenvalue weighted by Gasteiger charge is -2.30. The second-order valence-electron chi connectivity index (χ2n) is 14.7. The van der Waals surface area contributed by atoms with E-state index in [1.807, 2.05) is 64.1 Å². The highest BCUT2D eigenvalue weighted by Gasteiger charge is 2.39. The van der Waals surface area contributed by atoms with E-state index < -0.39 is 24.3 Å². The molecular formula is C41H49N9O6. The summed E-state index contributed by atoms with van der Waals surface area (Å²) in [6.07, 6.45) is 7.19. The van der Waals surface area contributed by atoms with E-state index >= 15 is 0 Å². The largest absolute Gasteiger partial charge is 0.453 e. The van der Waals surface area contributed by atoms with Crippen LogP contribution >= 0.6 is 0 Å². The van der Waals surface area contributed by atoms with E-state index in [9.17, 15) is 19.2 Å². The fraction of sp³-hybridized carbons (Fsp3) is 0.439. The van der Waals surface area contributed by atoms with Gasteiger partial charge in [-0.25, -0.2) is 24.5 Å². The number of ether oxygens (including phenoxy) is 2. The van der Waals surface area contributed by atoms with Crippen LogP contribution in [0.5, 0.6) is 0 Å². The first-order chi connectivity index (χ1) is 27.0. The molecular weight excluding hydrogens is 715 g/mol. The highest BCUT2D eigenvalue weighted by Crippen LogP contribution is 2.34. The number of H-pyrrole nitrogens is 2. The normalized spacial score (nSPS) is 17.6. The molecule has 15 nitrogen and oxygen atoms in total. The molecule has 6 rings (SSSR count). The van der Waals surface area contributed by atoms with Crippen molar-refractivity contribution in [2.24, 2.45) is 11.8 Å². The Morgan fingerprint density at radius 1 is 0.679 bits per heavy atom. The van der Waals surface area contributed by atoms with Crippen molar-refractivity contribution in [2.75, 3.05) is 27.3 Å². The zero-order chi connectivity index (χ0) is 39.9. The molecule has 0 unspecified atom stereocenters. The van der Waals surface area contributed by atoms with Crippen molar-refractivity contribution in [3.05, 3.63) is 77.9 Å². The zero-order valence-corrected chi connectivity index (χ0v) is 32.6. The third-order valence-electron chi connectivity index (χ3n) is 10.3. The topological polar surface area (TPSA) is 188 Å². The highest BCUT2D eigenvalue weighted by atomic mass is 16.5. The van der Waals surface area contributed by atoms with E-state index in [0.29, 0.717) is 30.4 Å². The molecule has 3 aromatic heterocycles. The van der Waals surface area contributed by atoms with Crippen LogP contribution in [0, 0.1) is 23.7 Å². The van der Waals surface area contributed by atoms with Gasteiger partial charge in [0.1, 0.15) is 29.4 Å². The number of pyridine rings is 1. The van der Waals surface area contributed by atoms with E-state index in [0.717, 1.165) is 53.8 Å². The molecule has 2 saturated heterocycles. The third kappa shape index (κ3) is 8.86. The van der Waals surface area contributed by atoms with E-state index in [1.54, 1.807) is 28.4 Å². The Bertz CT molecular complexity index is 1930. The molecule has 4 amide bonds. The average molecular weight is 764 g/mol. The van der Waals surface area contributed by atoms with Gasteiger partial charge < -0.3 is 39.9 Å². The molecule has 0 bridgehead atoms. The number of aromatic nitrogens is 5. The van der Waals surface area contributed by atoms with E-state index in [1.165, 1.54) is 14.2 Å². The van der Waals surface area contributed by atoms with Gasteiger partial charge in [-0.05, 0) is 73.3 Å². The van der Waals surface area contributed by atoms with E-state index in [4.69, 9.17) is 9.47 Å². The first kappa shape index (κ1) is 39.5. The summed E-state index contributed by atoms with van der Waals surface area (Å²) in [5.74, 6) is 7.17. The van der Waals surface area contributed by atoms with E-state index in [-0.39, 0.29) is 35.7 Å². The number of aromatic amines is 2. The number of nitrogens with one attached hydrogen (secondary N) is 4. The number of alkyl carbamates (subject to hydrolysis) is 2. The summed E-state index contributed by atoms with van der Waals surface area (Å²) in [7, 11) is 2.56. The van der Waals surface area contributed by atoms with Gasteiger partial charge in [-0.1, -0.05) is 45.7 Å². The molecule has 56 heavy (non-hydrogen) atoms. The minimum Gasteiger partial charge on any atom is -0.453 e. The van der Waals surface area contributed by atoms with Crippen molar-refractivity contribution in [3.8, 4) is 34.4 Å². The van der Waals surface area contributed by atoms with Gasteiger partial charge in [0.15, 0.2) is 0 Å². The standard InChI is InChI=1S/C41H49N9O6/c1-24(2)34(47-40(53)55-5)38(51)49-19-7-9-32(49)36-43-22-30(45-36)27-14-11-26(12-15-27)13-17-29-18-16-28(21-42-29)31-23-44-37(46-31)33-10-8-20-50(33)39(52)35(25(3)4)48-41(54)56-6/h11-12,14-16,18,21-25,32-35H,7-10,19-20H2,1-6H3,(H,43,45)(H,44,46)(H,47,53)(H,48,54)/t32-,33-,34-,35-/m0/s1. The van der Waals surface area contributed by atoms with Crippen molar-refractivity contribution < 1.29 is 28.7 Å². The number of rotatable bonds is 10. The van der Waals surface area contributed by atoms with Gasteiger partial charge in [-0.15, -0.1) is 0 Å². The fourth-order valence-electron chi connectivity index (χ4n) is 7.19. The molecule has 15 heteroatoms. The first-order valence-electron chi connectivity index (χ1n) is 19.0. The minimum absolute atomic E-state index is 0.110. The van der Waals surface area contributed by atoms with E-state index in [2.05, 4.69) is 47.4 Å². The van der Waals surface area contributed by atoms with Gasteiger partial charge in [-0.2, -0.15) is 0 Å². The maximum atomic E-state index is 13.5. The molecule has 5 heterocycles. The summed E-state index contributed by atoms with van der Waals surface area (Å²) in [4.78, 5) is 75.0. The van der Waals surface area contributed by atoms with Crippen LogP contribution in [0.3, 0.4) is 0 Å². The second-order valence-corrected chi connectivity index (χ2v) is 14.7. The number of nitrogens with zero attached hydrogens (tertiary/aromatic N) is 5. The monoisotopic (exact) mass is 763 g/mol. The van der Waals surface area contributed by atoms with Crippen LogP contribution in [0.1, 0.15) is 88.4 Å². The number of carbonyl (C=O) groups excluding carboxylic acids is 4. The van der Waals surface area contributed by atoms with Crippen LogP contribution in [-0.4, -0.2) is 98.1 Å². The van der Waals surface area contributed by atoms with Crippen LogP contribution in [0.4, 0.5) is 9.59 Å². The van der Waals surface area contributed by atoms with Gasteiger partial charge in [0.05, 0.1) is 50.1 Å². The third-order valence-corrected chi connectivity index (χ3v) is 10.3. The Balaban J connectivity index is 1.08. The average Bonchev–Trinajstić information content (AvgIpc) is 4.04. The molecule has 2 aliphatic heterocycles. The van der Waals surface area contributed by atoms with Crippen LogP contribution in [0.15, 0.2) is 55.0 Å². The van der Waals surface area contributed by atoms with Crippen molar-refractivity contribution in [3.63, 3.8) is 0 Å². The summed E-state index contributed by atoms with van der Waals surface area (Å²) in [6, 6.07) is 9.75. The Labute approximate surface area is 326 Å². The van der Waals surface area contributed by atoms with Crippen LogP contribution in [0.2, 0.25) is 0 Å². The lowest BCUT2D eigenvalue weighted by molar-refractivity contribution is -0.136. The number of hydrogen-bond acceptors (Lipinski definition) is 9. The van der Waals surface area contributed by atoms with Gasteiger partial charge in [0, 0.05) is 30.4 Å². The van der Waals surface area contributed by atoms with Crippen molar-refractivity contribution >= 4 is 24.0 Å². The number of likely N-dealkylation sites (tertiary alicyclic amines) is 2. The molecule has 0 aliphatic carbocycles. The lowest BCUT2D eigenvalue weighted by atomic mass is 10.0. The predicted octanol–water partition coefficient (Wildman–Crippen LogP) is 5.35. The van der Waals surface area contributed by atoms with Gasteiger partial charge >= 0.3 is 12.2 Å². The van der Waals surface area contributed by atoms with Crippen molar-refractivity contribution in [1.29, 1.82) is 0 Å². The van der Waals surface area contributed by atoms with Crippen LogP contribution < -0.4 is 10.6 Å². The number of benzene rings is 1. The summed E-state index contributed by atoms with van der Waals surface area (Å²) >= 11 is 0. The summed E-state index contributed by atoms with van der Waals surface area (Å²) < 4.78 is 9.48. The van der Waals surface area contributed by atoms with Crippen molar-refractivity contribution in [2.45, 2.75) is 77.5 Å². The Kier molecular flexibility index (Phi) is 12.4. The number of methoxy groups -OCH3 is 2. The predicted molar refractivity (Wildman–Crippen MR) is 208 cm³/mol. The lowest BCUT2D eigenvalue weighted by Crippen LogP contribution is -2.51. The molecule has 2 aliphatic rings. The molecule has 4 aromatic rings. The SMILES string of the molecule is COC(=O)N[C@H](C(=O)N1CCC[C@H]1c1ncc(-c2ccc(C#Cc3ccc(-c4cnc([C@@H]5CCCN5C(=O)[C@@H](NC(=O)OC)C(C)C)[nH]4)cn3)cc2)[nH]1)C(C)C. The number of carbonyl (C=O) groups is 4. The van der Waals surface area contributed by atoms with Crippen LogP contribution in [-0.2, 0) is 19.1 Å². The maximum absolute atomic E-state index is 13.5. The van der Waals surface area contributed by atoms with Gasteiger partial charge in [0.2, 0.25) is 11.8 Å². The smallest absolute Gasteiger partial charge is 0.407 e. The summed E-state index contributed by atoms with van der Waals surface area (Å²) in [6.45, 7) is 8.72. The van der Waals surface area contributed by atoms with Gasteiger partial charge in [-0.3, -0.25) is 9.59 Å². The quantitative estimate of drug-likeness (QED) is 0.155. The molecule has 1 aromatic carbocycles. The first-order valence-corrected chi connectivity index (χ1v) is 19.0. The molecule has 0 saturated carbocycles. The Hall–Kier alpha value is -6.17. The fourth-order valence-corrected chi connectivity index (χ4v) is 7.19. The minimum atomic E-state index is -0.700. The molecule has 4 N–H and O–H groups in total. The summed E-state index contributed by atoms with van der Waals surface area (Å²) in [5, 5.41) is 5.36. The molecule has 2 fully saturated rings. The second kappa shape index (κ2) is 17.5. The molecule has 0 spiro atoms. The Morgan fingerprint density at radius 3 is 1.61 bits per heavy atom. The molecule has 4 atom stereocenters.